The minimum absolute atomic E-state index is 0.0684. The van der Waals surface area contributed by atoms with Gasteiger partial charge < -0.3 is 5.32 Å². The van der Waals surface area contributed by atoms with Gasteiger partial charge in [-0.3, -0.25) is 9.52 Å². The zero-order valence-electron chi connectivity index (χ0n) is 14.0. The van der Waals surface area contributed by atoms with E-state index in [2.05, 4.69) is 10.0 Å². The fourth-order valence-corrected chi connectivity index (χ4v) is 3.97. The van der Waals surface area contributed by atoms with Gasteiger partial charge in [-0.25, -0.2) is 12.8 Å². The molecule has 3 rings (SSSR count). The highest BCUT2D eigenvalue weighted by Gasteiger charge is 2.36. The summed E-state index contributed by atoms with van der Waals surface area (Å²) in [5, 5.41) is 1.70. The first-order valence-corrected chi connectivity index (χ1v) is 9.89. The number of rotatable bonds is 5. The minimum Gasteiger partial charge on any atom is -0.319 e. The lowest BCUT2D eigenvalue weighted by molar-refractivity contribution is -0.137. The second-order valence-electron chi connectivity index (χ2n) is 6.18. The predicted molar refractivity (Wildman–Crippen MR) is 96.4 cm³/mol. The van der Waals surface area contributed by atoms with Crippen LogP contribution in [0.4, 0.5) is 28.9 Å². The zero-order valence-corrected chi connectivity index (χ0v) is 15.6. The molecule has 2 aromatic carbocycles. The van der Waals surface area contributed by atoms with Gasteiger partial charge >= 0.3 is 6.18 Å². The van der Waals surface area contributed by atoms with Gasteiger partial charge in [0.05, 0.1) is 27.8 Å². The van der Waals surface area contributed by atoms with Crippen LogP contribution in [-0.2, 0) is 16.2 Å². The molecule has 0 bridgehead atoms. The number of sulfonamides is 1. The topological polar surface area (TPSA) is 75.3 Å². The number of hydrogen-bond acceptors (Lipinski definition) is 3. The van der Waals surface area contributed by atoms with Gasteiger partial charge in [-0.15, -0.1) is 0 Å². The molecule has 1 aliphatic carbocycles. The molecular weight excluding hydrogens is 424 g/mol. The van der Waals surface area contributed by atoms with Crippen LogP contribution in [0.1, 0.15) is 28.8 Å². The van der Waals surface area contributed by atoms with Crippen LogP contribution in [0.3, 0.4) is 0 Å². The van der Waals surface area contributed by atoms with Crippen molar-refractivity contribution in [2.75, 3.05) is 10.0 Å². The van der Waals surface area contributed by atoms with Crippen molar-refractivity contribution in [3.05, 3.63) is 58.4 Å². The Labute approximate surface area is 162 Å². The molecule has 1 amide bonds. The van der Waals surface area contributed by atoms with E-state index in [0.29, 0.717) is 18.9 Å². The molecule has 5 nitrogen and oxygen atoms in total. The normalized spacial score (nSPS) is 14.6. The Bertz CT molecular complexity index is 1040. The molecule has 0 atom stereocenters. The molecule has 1 fully saturated rings. The second kappa shape index (κ2) is 7.25. The molecule has 0 unspecified atom stereocenters. The summed E-state index contributed by atoms with van der Waals surface area (Å²) in [6.07, 6.45) is -3.73. The fourth-order valence-electron chi connectivity index (χ4n) is 2.39. The highest BCUT2D eigenvalue weighted by molar-refractivity contribution is 7.93. The highest BCUT2D eigenvalue weighted by atomic mass is 35.5. The van der Waals surface area contributed by atoms with Gasteiger partial charge in [-0.2, -0.15) is 13.2 Å². The van der Waals surface area contributed by atoms with Crippen LogP contribution in [0.15, 0.2) is 36.4 Å². The first-order chi connectivity index (χ1) is 13.0. The molecule has 0 spiro atoms. The standard InChI is InChI=1S/C17H13ClF4N2O3S/c18-10-2-6-14(24-28(26,27)11-3-4-11)12(8-10)16(25)23-15-5-1-9(7-13(15)19)17(20,21)22/h1-2,5-8,11,24H,3-4H2,(H,23,25). The number of nitrogens with one attached hydrogen (secondary N) is 2. The summed E-state index contributed by atoms with van der Waals surface area (Å²) in [5.41, 5.74) is -1.96. The number of carbonyl (C=O) groups is 1. The molecule has 150 valence electrons. The zero-order chi connectivity index (χ0) is 20.7. The van der Waals surface area contributed by atoms with E-state index in [0.717, 1.165) is 6.07 Å². The minimum atomic E-state index is -4.73. The molecule has 0 aliphatic heterocycles. The number of carbonyl (C=O) groups excluding carboxylic acids is 1. The number of hydrogen-bond donors (Lipinski definition) is 2. The van der Waals surface area contributed by atoms with Crippen molar-refractivity contribution in [2.45, 2.75) is 24.3 Å². The van der Waals surface area contributed by atoms with Crippen molar-refractivity contribution in [1.29, 1.82) is 0 Å². The lowest BCUT2D eigenvalue weighted by Gasteiger charge is -2.14. The van der Waals surface area contributed by atoms with E-state index in [1.807, 2.05) is 0 Å². The maximum atomic E-state index is 14.0. The van der Waals surface area contributed by atoms with Crippen molar-refractivity contribution in [2.24, 2.45) is 0 Å². The molecule has 11 heteroatoms. The first-order valence-electron chi connectivity index (χ1n) is 7.96. The molecule has 0 saturated heterocycles. The van der Waals surface area contributed by atoms with Crippen LogP contribution in [0, 0.1) is 5.82 Å². The Balaban J connectivity index is 1.87. The van der Waals surface area contributed by atoms with Gasteiger partial charge in [0.25, 0.3) is 5.91 Å². The Morgan fingerprint density at radius 1 is 1.07 bits per heavy atom. The predicted octanol–water partition coefficient (Wildman–Crippen LogP) is 4.65. The number of anilines is 2. The third kappa shape index (κ3) is 4.56. The highest BCUT2D eigenvalue weighted by Crippen LogP contribution is 2.33. The van der Waals surface area contributed by atoms with Gasteiger partial charge in [-0.1, -0.05) is 11.6 Å². The van der Waals surface area contributed by atoms with Crippen molar-refractivity contribution < 1.29 is 30.8 Å². The van der Waals surface area contributed by atoms with E-state index >= 15 is 0 Å². The summed E-state index contributed by atoms with van der Waals surface area (Å²) in [6.45, 7) is 0. The third-order valence-corrected chi connectivity index (χ3v) is 6.07. The van der Waals surface area contributed by atoms with E-state index in [1.54, 1.807) is 0 Å². The fraction of sp³-hybridized carbons (Fsp3) is 0.235. The maximum Gasteiger partial charge on any atom is 0.416 e. The van der Waals surface area contributed by atoms with Crippen molar-refractivity contribution in [1.82, 2.24) is 0 Å². The molecule has 0 radical (unpaired) electrons. The van der Waals surface area contributed by atoms with Crippen molar-refractivity contribution in [3.8, 4) is 0 Å². The Morgan fingerprint density at radius 3 is 2.29 bits per heavy atom. The smallest absolute Gasteiger partial charge is 0.319 e. The van der Waals surface area contributed by atoms with Crippen molar-refractivity contribution >= 4 is 38.9 Å². The first kappa shape index (κ1) is 20.4. The average molecular weight is 437 g/mol. The quantitative estimate of drug-likeness (QED) is 0.670. The van der Waals surface area contributed by atoms with Crippen LogP contribution in [-0.4, -0.2) is 19.6 Å². The number of halogens is 5. The average Bonchev–Trinajstić information content (AvgIpc) is 3.42. The molecular formula is C17H13ClF4N2O3S. The second-order valence-corrected chi connectivity index (χ2v) is 8.58. The third-order valence-electron chi connectivity index (χ3n) is 3.99. The Hall–Kier alpha value is -2.33. The summed E-state index contributed by atoms with van der Waals surface area (Å²) >= 11 is 5.86. The van der Waals surface area contributed by atoms with Crippen LogP contribution in [0.25, 0.3) is 0 Å². The van der Waals surface area contributed by atoms with Gasteiger partial charge in [0.15, 0.2) is 0 Å². The lowest BCUT2D eigenvalue weighted by atomic mass is 10.1. The van der Waals surface area contributed by atoms with Crippen LogP contribution < -0.4 is 10.0 Å². The van der Waals surface area contributed by atoms with Gasteiger partial charge in [0.2, 0.25) is 10.0 Å². The van der Waals surface area contributed by atoms with E-state index < -0.39 is 44.4 Å². The summed E-state index contributed by atoms with van der Waals surface area (Å²) < 4.78 is 78.4. The molecule has 2 aromatic rings. The molecule has 1 aliphatic rings. The van der Waals surface area contributed by atoms with Crippen LogP contribution >= 0.6 is 11.6 Å². The molecule has 0 heterocycles. The van der Waals surface area contributed by atoms with E-state index in [-0.39, 0.29) is 22.3 Å². The molecule has 2 N–H and O–H groups in total. The summed E-state index contributed by atoms with van der Waals surface area (Å²) in [7, 11) is -3.68. The van der Waals surface area contributed by atoms with Crippen LogP contribution in [0.5, 0.6) is 0 Å². The number of benzene rings is 2. The molecule has 1 saturated carbocycles. The van der Waals surface area contributed by atoms with E-state index in [1.165, 1.54) is 18.2 Å². The van der Waals surface area contributed by atoms with Gasteiger partial charge in [-0.05, 0) is 49.2 Å². The summed E-state index contributed by atoms with van der Waals surface area (Å²) in [4.78, 5) is 12.5. The number of alkyl halides is 3. The van der Waals surface area contributed by atoms with E-state index in [9.17, 15) is 30.8 Å². The Kier molecular flexibility index (Phi) is 5.28. The lowest BCUT2D eigenvalue weighted by Crippen LogP contribution is -2.21. The largest absolute Gasteiger partial charge is 0.416 e. The van der Waals surface area contributed by atoms with Crippen LogP contribution in [0.2, 0.25) is 5.02 Å². The van der Waals surface area contributed by atoms with Crippen molar-refractivity contribution in [3.63, 3.8) is 0 Å². The summed E-state index contributed by atoms with van der Waals surface area (Å²) in [6, 6.07) is 5.46. The monoisotopic (exact) mass is 436 g/mol. The molecule has 0 aromatic heterocycles. The SMILES string of the molecule is O=C(Nc1ccc(C(F)(F)F)cc1F)c1cc(Cl)ccc1NS(=O)(=O)C1CC1. The number of amides is 1. The van der Waals surface area contributed by atoms with Gasteiger partial charge in [0, 0.05) is 5.02 Å². The maximum absolute atomic E-state index is 14.0. The summed E-state index contributed by atoms with van der Waals surface area (Å²) in [5.74, 6) is -2.22. The van der Waals surface area contributed by atoms with E-state index in [4.69, 9.17) is 11.6 Å². The van der Waals surface area contributed by atoms with Gasteiger partial charge in [0.1, 0.15) is 5.82 Å². The Morgan fingerprint density at radius 2 is 1.71 bits per heavy atom. The molecule has 28 heavy (non-hydrogen) atoms.